The van der Waals surface area contributed by atoms with Crippen molar-refractivity contribution in [3.8, 4) is 11.5 Å². The van der Waals surface area contributed by atoms with Gasteiger partial charge in [-0.2, -0.15) is 10.1 Å². The van der Waals surface area contributed by atoms with Crippen LogP contribution in [0.3, 0.4) is 0 Å². The van der Waals surface area contributed by atoms with Crippen molar-refractivity contribution in [2.24, 2.45) is 0 Å². The van der Waals surface area contributed by atoms with Crippen LogP contribution in [0, 0.1) is 0 Å². The molecule has 0 saturated heterocycles. The number of nitrogens with one attached hydrogen (secondary N) is 2. The minimum Gasteiger partial charge on any atom is -0.455 e. The molecule has 0 aliphatic rings. The quantitative estimate of drug-likeness (QED) is 0.678. The Morgan fingerprint density at radius 2 is 1.79 bits per heavy atom. The molecule has 0 bridgehead atoms. The van der Waals surface area contributed by atoms with Gasteiger partial charge in [-0.15, -0.1) is 5.10 Å². The van der Waals surface area contributed by atoms with Crippen LogP contribution in [0.2, 0.25) is 0 Å². The maximum Gasteiger partial charge on any atom is 0.244 e. The van der Waals surface area contributed by atoms with Crippen molar-refractivity contribution in [3.05, 3.63) is 60.8 Å². The van der Waals surface area contributed by atoms with E-state index in [4.69, 9.17) is 4.74 Å². The molecule has 0 amide bonds. The van der Waals surface area contributed by atoms with Crippen LogP contribution < -0.4 is 15.4 Å². The molecule has 3 rings (SSSR count). The van der Waals surface area contributed by atoms with Gasteiger partial charge in [0.25, 0.3) is 0 Å². The summed E-state index contributed by atoms with van der Waals surface area (Å²) in [5, 5.41) is 14.3. The minimum atomic E-state index is 0.503. The van der Waals surface area contributed by atoms with Crippen molar-refractivity contribution in [2.75, 3.05) is 17.2 Å². The summed E-state index contributed by atoms with van der Waals surface area (Å²) in [7, 11) is 0. The van der Waals surface area contributed by atoms with E-state index in [2.05, 4.69) is 32.7 Å². The van der Waals surface area contributed by atoms with E-state index in [1.807, 2.05) is 54.6 Å². The predicted octanol–water partition coefficient (Wildman–Crippen LogP) is 4.23. The zero-order valence-corrected chi connectivity index (χ0v) is 13.4. The molecule has 2 N–H and O–H groups in total. The van der Waals surface area contributed by atoms with Gasteiger partial charge in [0, 0.05) is 6.54 Å². The maximum absolute atomic E-state index is 5.93. The fourth-order valence-electron chi connectivity index (χ4n) is 2.09. The molecule has 24 heavy (non-hydrogen) atoms. The smallest absolute Gasteiger partial charge is 0.244 e. The maximum atomic E-state index is 5.93. The van der Waals surface area contributed by atoms with Crippen LogP contribution in [0.25, 0.3) is 0 Å². The summed E-state index contributed by atoms with van der Waals surface area (Å²) in [6.07, 6.45) is 2.57. The lowest BCUT2D eigenvalue weighted by atomic mass is 10.3. The largest absolute Gasteiger partial charge is 0.455 e. The molecule has 6 heteroatoms. The number of anilines is 3. The minimum absolute atomic E-state index is 0.503. The predicted molar refractivity (Wildman–Crippen MR) is 94.8 cm³/mol. The Morgan fingerprint density at radius 3 is 2.62 bits per heavy atom. The van der Waals surface area contributed by atoms with E-state index in [0.29, 0.717) is 17.5 Å². The Kier molecular flexibility index (Phi) is 5.19. The Bertz CT molecular complexity index is 779. The first-order valence-electron chi connectivity index (χ1n) is 7.87. The molecule has 1 aromatic heterocycles. The second-order valence-corrected chi connectivity index (χ2v) is 5.13. The fraction of sp³-hybridized carbons (Fsp3) is 0.167. The van der Waals surface area contributed by atoms with Gasteiger partial charge in [-0.3, -0.25) is 0 Å². The van der Waals surface area contributed by atoms with Crippen molar-refractivity contribution in [3.63, 3.8) is 0 Å². The molecular weight excluding hydrogens is 302 g/mol. The van der Waals surface area contributed by atoms with Crippen molar-refractivity contribution in [1.29, 1.82) is 0 Å². The first kappa shape index (κ1) is 15.7. The molecule has 2 aromatic carbocycles. The van der Waals surface area contributed by atoms with E-state index >= 15 is 0 Å². The van der Waals surface area contributed by atoms with Gasteiger partial charge in [-0.05, 0) is 30.7 Å². The van der Waals surface area contributed by atoms with E-state index in [1.165, 1.54) is 0 Å². The summed E-state index contributed by atoms with van der Waals surface area (Å²) < 4.78 is 5.93. The molecule has 0 atom stereocenters. The average molecular weight is 321 g/mol. The molecule has 0 radical (unpaired) electrons. The first-order valence-corrected chi connectivity index (χ1v) is 7.87. The van der Waals surface area contributed by atoms with Crippen LogP contribution in [0.5, 0.6) is 11.5 Å². The van der Waals surface area contributed by atoms with E-state index in [0.717, 1.165) is 24.4 Å². The molecule has 0 fully saturated rings. The zero-order valence-electron chi connectivity index (χ0n) is 13.4. The van der Waals surface area contributed by atoms with Crippen LogP contribution >= 0.6 is 0 Å². The van der Waals surface area contributed by atoms with Gasteiger partial charge < -0.3 is 15.4 Å². The number of hydrogen-bond donors (Lipinski definition) is 2. The van der Waals surface area contributed by atoms with E-state index in [9.17, 15) is 0 Å². The van der Waals surface area contributed by atoms with Crippen LogP contribution in [0.1, 0.15) is 13.3 Å². The van der Waals surface area contributed by atoms with Crippen molar-refractivity contribution in [1.82, 2.24) is 15.2 Å². The molecule has 1 heterocycles. The number of hydrogen-bond acceptors (Lipinski definition) is 6. The molecular formula is C18H19N5O. The molecule has 0 spiro atoms. The van der Waals surface area contributed by atoms with Gasteiger partial charge in [0.2, 0.25) is 5.95 Å². The van der Waals surface area contributed by atoms with Crippen LogP contribution in [0.4, 0.5) is 17.5 Å². The summed E-state index contributed by atoms with van der Waals surface area (Å²) in [5.74, 6) is 2.60. The second kappa shape index (κ2) is 7.92. The van der Waals surface area contributed by atoms with Crippen molar-refractivity contribution < 1.29 is 4.74 Å². The van der Waals surface area contributed by atoms with Crippen molar-refractivity contribution >= 4 is 17.5 Å². The number of ether oxygens (including phenoxy) is 1. The second-order valence-electron chi connectivity index (χ2n) is 5.13. The van der Waals surface area contributed by atoms with Crippen LogP contribution in [-0.4, -0.2) is 21.7 Å². The summed E-state index contributed by atoms with van der Waals surface area (Å²) in [4.78, 5) is 4.40. The van der Waals surface area contributed by atoms with Gasteiger partial charge in [-0.25, -0.2) is 0 Å². The fourth-order valence-corrected chi connectivity index (χ4v) is 2.09. The SMILES string of the molecule is CCCNc1nncc(Nc2ccccc2Oc2ccccc2)n1. The molecule has 0 aliphatic carbocycles. The highest BCUT2D eigenvalue weighted by Gasteiger charge is 2.07. The third-order valence-corrected chi connectivity index (χ3v) is 3.21. The Morgan fingerprint density at radius 1 is 1.00 bits per heavy atom. The van der Waals surface area contributed by atoms with Gasteiger partial charge in [0.1, 0.15) is 5.75 Å². The van der Waals surface area contributed by atoms with Gasteiger partial charge in [-0.1, -0.05) is 37.3 Å². The summed E-state index contributed by atoms with van der Waals surface area (Å²) in [5.41, 5.74) is 0.809. The number of benzene rings is 2. The zero-order chi connectivity index (χ0) is 16.6. The van der Waals surface area contributed by atoms with Gasteiger partial charge in [0.15, 0.2) is 11.6 Å². The lowest BCUT2D eigenvalue weighted by Gasteiger charge is -2.12. The van der Waals surface area contributed by atoms with Crippen LogP contribution in [-0.2, 0) is 0 Å². The summed E-state index contributed by atoms with van der Waals surface area (Å²) in [6.45, 7) is 2.89. The topological polar surface area (TPSA) is 72.0 Å². The molecule has 0 saturated carbocycles. The third-order valence-electron chi connectivity index (χ3n) is 3.21. The molecule has 6 nitrogen and oxygen atoms in total. The first-order chi connectivity index (χ1) is 11.8. The van der Waals surface area contributed by atoms with Gasteiger partial charge >= 0.3 is 0 Å². The van der Waals surface area contributed by atoms with E-state index < -0.39 is 0 Å². The Hall–Kier alpha value is -3.15. The molecule has 0 aliphatic heterocycles. The Balaban J connectivity index is 1.78. The monoisotopic (exact) mass is 321 g/mol. The Labute approximate surface area is 140 Å². The summed E-state index contributed by atoms with van der Waals surface area (Å²) >= 11 is 0. The van der Waals surface area contributed by atoms with E-state index in [-0.39, 0.29) is 0 Å². The van der Waals surface area contributed by atoms with Crippen LogP contribution in [0.15, 0.2) is 60.8 Å². The van der Waals surface area contributed by atoms with E-state index in [1.54, 1.807) is 6.20 Å². The standard InChI is InChI=1S/C18H19N5O/c1-2-12-19-18-22-17(13-20-23-18)21-15-10-6-7-11-16(15)24-14-8-4-3-5-9-14/h3-11,13H,2,12H2,1H3,(H2,19,21,22,23). The summed E-state index contributed by atoms with van der Waals surface area (Å²) in [6, 6.07) is 17.3. The van der Waals surface area contributed by atoms with Gasteiger partial charge in [0.05, 0.1) is 11.9 Å². The molecule has 0 unspecified atom stereocenters. The lowest BCUT2D eigenvalue weighted by Crippen LogP contribution is -2.07. The highest BCUT2D eigenvalue weighted by atomic mass is 16.5. The molecule has 3 aromatic rings. The third kappa shape index (κ3) is 4.19. The normalized spacial score (nSPS) is 10.2. The number of rotatable bonds is 7. The lowest BCUT2D eigenvalue weighted by molar-refractivity contribution is 0.485. The number of aromatic nitrogens is 3. The highest BCUT2D eigenvalue weighted by molar-refractivity contribution is 5.64. The average Bonchev–Trinajstić information content (AvgIpc) is 2.63. The number of para-hydroxylation sites is 3. The molecule has 122 valence electrons. The number of nitrogens with zero attached hydrogens (tertiary/aromatic N) is 3. The highest BCUT2D eigenvalue weighted by Crippen LogP contribution is 2.30. The van der Waals surface area contributed by atoms with Crippen molar-refractivity contribution in [2.45, 2.75) is 13.3 Å².